The molecular formula is C49H33N3O. The molecule has 0 fully saturated rings. The third kappa shape index (κ3) is 4.59. The van der Waals surface area contributed by atoms with Gasteiger partial charge in [-0.2, -0.15) is 0 Å². The standard InChI is InChI=1S/C49H33N3O/c1-31(50-42-18-8-3-13-34(42)28-32-22-27-48-40(29-32)39-17-7-11-21-47(39)53-48)51-45-26-24-35(30-41(45)49-36-14-4-2-12-33(36)23-25-46(49)51)52-43-19-9-5-15-37(43)38-16-6-10-20-44(38)52/h2-27,29-30H,28H2,1H3. The van der Waals surface area contributed by atoms with Crippen LogP contribution in [0.2, 0.25) is 0 Å². The first-order chi connectivity index (χ1) is 26.2. The molecule has 250 valence electrons. The zero-order valence-corrected chi connectivity index (χ0v) is 29.1. The summed E-state index contributed by atoms with van der Waals surface area (Å²) >= 11 is 0. The summed E-state index contributed by atoms with van der Waals surface area (Å²) < 4.78 is 10.9. The minimum Gasteiger partial charge on any atom is -0.456 e. The highest BCUT2D eigenvalue weighted by Crippen LogP contribution is 2.39. The Kier molecular flexibility index (Phi) is 6.49. The average Bonchev–Trinajstić information content (AvgIpc) is 3.86. The van der Waals surface area contributed by atoms with Gasteiger partial charge in [0.1, 0.15) is 17.0 Å². The molecule has 0 spiro atoms. The van der Waals surface area contributed by atoms with E-state index in [-0.39, 0.29) is 0 Å². The molecule has 0 N–H and O–H groups in total. The summed E-state index contributed by atoms with van der Waals surface area (Å²) in [7, 11) is 0. The van der Waals surface area contributed by atoms with Gasteiger partial charge in [-0.05, 0) is 95.9 Å². The molecule has 11 aromatic rings. The Balaban J connectivity index is 1.09. The molecule has 0 saturated heterocycles. The maximum Gasteiger partial charge on any atom is 0.135 e. The van der Waals surface area contributed by atoms with Crippen molar-refractivity contribution in [1.82, 2.24) is 9.13 Å². The van der Waals surface area contributed by atoms with E-state index in [2.05, 4.69) is 174 Å². The Morgan fingerprint density at radius 2 is 1.17 bits per heavy atom. The Morgan fingerprint density at radius 1 is 0.509 bits per heavy atom. The lowest BCUT2D eigenvalue weighted by atomic mass is 10.0. The minimum absolute atomic E-state index is 0.766. The summed E-state index contributed by atoms with van der Waals surface area (Å²) in [6, 6.07) is 60.8. The molecule has 0 aliphatic heterocycles. The molecule has 0 amide bonds. The van der Waals surface area contributed by atoms with E-state index < -0.39 is 0 Å². The van der Waals surface area contributed by atoms with Crippen LogP contribution in [0.4, 0.5) is 5.69 Å². The average molecular weight is 680 g/mol. The fraction of sp³-hybridized carbons (Fsp3) is 0.0408. The molecule has 0 atom stereocenters. The summed E-state index contributed by atoms with van der Waals surface area (Å²) in [4.78, 5) is 5.39. The van der Waals surface area contributed by atoms with E-state index in [9.17, 15) is 0 Å². The van der Waals surface area contributed by atoms with Gasteiger partial charge in [-0.1, -0.05) is 109 Å². The van der Waals surface area contributed by atoms with E-state index >= 15 is 0 Å². The molecule has 3 aromatic heterocycles. The quantitative estimate of drug-likeness (QED) is 0.135. The number of hydrogen-bond acceptors (Lipinski definition) is 2. The van der Waals surface area contributed by atoms with Gasteiger partial charge in [0.15, 0.2) is 0 Å². The van der Waals surface area contributed by atoms with Crippen molar-refractivity contribution in [2.75, 3.05) is 0 Å². The van der Waals surface area contributed by atoms with Crippen molar-refractivity contribution in [2.45, 2.75) is 13.3 Å². The molecule has 4 nitrogen and oxygen atoms in total. The highest BCUT2D eigenvalue weighted by Gasteiger charge is 2.19. The topological polar surface area (TPSA) is 35.4 Å². The second-order valence-corrected chi connectivity index (χ2v) is 14.0. The van der Waals surface area contributed by atoms with Crippen LogP contribution in [0.5, 0.6) is 0 Å². The van der Waals surface area contributed by atoms with Gasteiger partial charge in [0.25, 0.3) is 0 Å². The van der Waals surface area contributed by atoms with Gasteiger partial charge in [0.05, 0.1) is 27.8 Å². The number of para-hydroxylation sites is 4. The van der Waals surface area contributed by atoms with E-state index in [1.807, 2.05) is 12.1 Å². The highest BCUT2D eigenvalue weighted by atomic mass is 16.3. The van der Waals surface area contributed by atoms with E-state index in [1.165, 1.54) is 54.5 Å². The molecule has 0 aliphatic carbocycles. The number of aromatic nitrogens is 2. The van der Waals surface area contributed by atoms with Crippen molar-refractivity contribution in [3.63, 3.8) is 0 Å². The van der Waals surface area contributed by atoms with Crippen LogP contribution in [0.15, 0.2) is 179 Å². The van der Waals surface area contributed by atoms with Crippen molar-refractivity contribution < 1.29 is 4.42 Å². The van der Waals surface area contributed by atoms with E-state index in [1.54, 1.807) is 0 Å². The first-order valence-electron chi connectivity index (χ1n) is 18.2. The largest absolute Gasteiger partial charge is 0.456 e. The molecule has 3 heterocycles. The second-order valence-electron chi connectivity index (χ2n) is 14.0. The van der Waals surface area contributed by atoms with Crippen molar-refractivity contribution in [3.8, 4) is 5.69 Å². The number of fused-ring (bicyclic) bond motifs is 11. The zero-order valence-electron chi connectivity index (χ0n) is 29.1. The van der Waals surface area contributed by atoms with E-state index in [4.69, 9.17) is 9.41 Å². The number of benzene rings is 8. The van der Waals surface area contributed by atoms with Gasteiger partial charge in [0.2, 0.25) is 0 Å². The van der Waals surface area contributed by atoms with Gasteiger partial charge in [-0.3, -0.25) is 4.57 Å². The molecule has 53 heavy (non-hydrogen) atoms. The number of aliphatic imine (C=N–C) groups is 1. The number of nitrogens with zero attached hydrogens (tertiary/aromatic N) is 3. The number of furan rings is 1. The van der Waals surface area contributed by atoms with Crippen molar-refractivity contribution in [1.29, 1.82) is 0 Å². The first-order valence-corrected chi connectivity index (χ1v) is 18.2. The van der Waals surface area contributed by atoms with Crippen LogP contribution in [0.25, 0.3) is 82.0 Å². The maximum atomic E-state index is 6.11. The van der Waals surface area contributed by atoms with Crippen LogP contribution in [-0.4, -0.2) is 15.0 Å². The van der Waals surface area contributed by atoms with Crippen molar-refractivity contribution in [3.05, 3.63) is 181 Å². The van der Waals surface area contributed by atoms with Crippen LogP contribution in [0.1, 0.15) is 18.1 Å². The van der Waals surface area contributed by atoms with Crippen LogP contribution >= 0.6 is 0 Å². The SMILES string of the molecule is CC(=Nc1ccccc1Cc1ccc2oc3ccccc3c2c1)n1c2ccc(-n3c4ccccc4c4ccccc43)cc2c2c3ccccc3ccc21. The van der Waals surface area contributed by atoms with Crippen LogP contribution in [0, 0.1) is 0 Å². The lowest BCUT2D eigenvalue weighted by molar-refractivity contribution is 0.669. The van der Waals surface area contributed by atoms with E-state index in [0.717, 1.165) is 56.6 Å². The third-order valence-electron chi connectivity index (χ3n) is 10.9. The molecule has 0 saturated carbocycles. The number of hydrogen-bond donors (Lipinski definition) is 0. The number of rotatable bonds is 4. The summed E-state index contributed by atoms with van der Waals surface area (Å²) in [5.41, 5.74) is 11.0. The molecule has 0 aliphatic rings. The van der Waals surface area contributed by atoms with Crippen LogP contribution in [0.3, 0.4) is 0 Å². The van der Waals surface area contributed by atoms with Crippen LogP contribution in [-0.2, 0) is 6.42 Å². The van der Waals surface area contributed by atoms with Gasteiger partial charge < -0.3 is 8.98 Å². The van der Waals surface area contributed by atoms with Crippen LogP contribution < -0.4 is 0 Å². The molecule has 11 rings (SSSR count). The maximum absolute atomic E-state index is 6.11. The normalized spacial score (nSPS) is 12.4. The van der Waals surface area contributed by atoms with Crippen molar-refractivity contribution >= 4 is 87.8 Å². The molecule has 0 radical (unpaired) electrons. The highest BCUT2D eigenvalue weighted by molar-refractivity contribution is 6.24. The molecule has 0 unspecified atom stereocenters. The zero-order chi connectivity index (χ0) is 35.0. The molecule has 0 bridgehead atoms. The predicted molar refractivity (Wildman–Crippen MR) is 222 cm³/mol. The van der Waals surface area contributed by atoms with E-state index in [0.29, 0.717) is 0 Å². The molecular weight excluding hydrogens is 647 g/mol. The Labute approximate surface area is 305 Å². The second kappa shape index (κ2) is 11.6. The monoisotopic (exact) mass is 679 g/mol. The Hall–Kier alpha value is -6.91. The predicted octanol–water partition coefficient (Wildman–Crippen LogP) is 13.1. The van der Waals surface area contributed by atoms with Crippen molar-refractivity contribution in [2.24, 2.45) is 4.99 Å². The fourth-order valence-electron chi connectivity index (χ4n) is 8.56. The summed E-state index contributed by atoms with van der Waals surface area (Å²) in [5, 5.41) is 9.72. The van der Waals surface area contributed by atoms with Gasteiger partial charge >= 0.3 is 0 Å². The molecule has 8 aromatic carbocycles. The van der Waals surface area contributed by atoms with Gasteiger partial charge in [-0.15, -0.1) is 0 Å². The lowest BCUT2D eigenvalue weighted by Crippen LogP contribution is -2.07. The van der Waals surface area contributed by atoms with Gasteiger partial charge in [-0.25, -0.2) is 4.99 Å². The van der Waals surface area contributed by atoms with Gasteiger partial charge in [0, 0.05) is 38.0 Å². The third-order valence-corrected chi connectivity index (χ3v) is 10.9. The first kappa shape index (κ1) is 29.8. The minimum atomic E-state index is 0.766. The summed E-state index contributed by atoms with van der Waals surface area (Å²) in [5.74, 6) is 0.925. The smallest absolute Gasteiger partial charge is 0.135 e. The fourth-order valence-corrected chi connectivity index (χ4v) is 8.56. The lowest BCUT2D eigenvalue weighted by Gasteiger charge is -2.11. The summed E-state index contributed by atoms with van der Waals surface area (Å²) in [6.45, 7) is 2.13. The molecule has 4 heteroatoms. The Morgan fingerprint density at radius 3 is 2.00 bits per heavy atom. The summed E-state index contributed by atoms with van der Waals surface area (Å²) in [6.07, 6.45) is 0.766. The Bertz CT molecular complexity index is 3230.